The Bertz CT molecular complexity index is 676. The summed E-state index contributed by atoms with van der Waals surface area (Å²) < 4.78 is 0. The number of carbonyl (C=O) groups excluding carboxylic acids is 1. The third-order valence-electron chi connectivity index (χ3n) is 9.68. The fraction of sp³-hybridized carbons (Fsp3) is 0.826. The molecule has 0 amide bonds. The van der Waals surface area contributed by atoms with Crippen molar-refractivity contribution in [2.75, 3.05) is 0 Å². The molecule has 6 aliphatic rings. The molecule has 9 unspecified atom stereocenters. The molecule has 25 heavy (non-hydrogen) atoms. The molecule has 2 nitrogen and oxygen atoms in total. The molecule has 6 aliphatic carbocycles. The highest BCUT2D eigenvalue weighted by Gasteiger charge is 2.70. The van der Waals surface area contributed by atoms with Crippen LogP contribution in [0.25, 0.3) is 0 Å². The topological polar surface area (TPSA) is 40.9 Å². The second-order valence-electron chi connectivity index (χ2n) is 10.6. The van der Waals surface area contributed by atoms with Crippen LogP contribution in [0.1, 0.15) is 58.3 Å². The smallest absolute Gasteiger partial charge is 0.155 e. The predicted octanol–water partition coefficient (Wildman–Crippen LogP) is 4.89. The number of rotatable bonds is 2. The minimum Gasteiger partial charge on any atom is -0.313 e. The Labute approximate surface area is 151 Å². The molecule has 0 heterocycles. The number of hydrogen-bond acceptors (Lipinski definition) is 2. The van der Waals surface area contributed by atoms with Crippen LogP contribution in [0.3, 0.4) is 0 Å². The molecular formula is C23H31NO. The lowest BCUT2D eigenvalue weighted by Gasteiger charge is -2.57. The van der Waals surface area contributed by atoms with Gasteiger partial charge in [-0.3, -0.25) is 4.79 Å². The van der Waals surface area contributed by atoms with Crippen LogP contribution in [0.15, 0.2) is 11.6 Å². The average Bonchev–Trinajstić information content (AvgIpc) is 3.50. The molecule has 0 bridgehead atoms. The molecule has 5 saturated carbocycles. The van der Waals surface area contributed by atoms with Crippen molar-refractivity contribution in [3.63, 3.8) is 0 Å². The Hall–Kier alpha value is -0.920. The normalized spacial score (nSPS) is 56.2. The summed E-state index contributed by atoms with van der Waals surface area (Å²) in [7, 11) is 0. The molecule has 134 valence electrons. The third-order valence-corrected chi connectivity index (χ3v) is 9.68. The summed E-state index contributed by atoms with van der Waals surface area (Å²) in [4.78, 5) is 12.0. The standard InChI is InChI=1S/C23H31NO/c1-23-7-6-16-15-5-4-14(25)8-13(15)9-17(12-2-3-12)21(16)22(23)19-10-18(19)20(23)11-24/h8,11-12,15-22,24H,2-7,9-10H2,1H3. The van der Waals surface area contributed by atoms with Crippen LogP contribution in [0.2, 0.25) is 0 Å². The Balaban J connectivity index is 1.42. The van der Waals surface area contributed by atoms with Gasteiger partial charge < -0.3 is 5.41 Å². The molecule has 0 spiro atoms. The SMILES string of the molecule is CC12CCC3C4CCC(=O)C=C4CC(C4CC4)C3C1C1CC1C2C=N. The van der Waals surface area contributed by atoms with E-state index in [-0.39, 0.29) is 0 Å². The molecule has 2 heteroatoms. The van der Waals surface area contributed by atoms with Gasteiger partial charge >= 0.3 is 0 Å². The Kier molecular flexibility index (Phi) is 2.95. The van der Waals surface area contributed by atoms with E-state index in [9.17, 15) is 4.79 Å². The van der Waals surface area contributed by atoms with Crippen molar-refractivity contribution in [3.05, 3.63) is 11.6 Å². The number of hydrogen-bond donors (Lipinski definition) is 1. The van der Waals surface area contributed by atoms with Crippen LogP contribution in [-0.2, 0) is 4.79 Å². The first-order valence-corrected chi connectivity index (χ1v) is 10.9. The molecule has 0 aromatic heterocycles. The maximum atomic E-state index is 12.0. The third kappa shape index (κ3) is 1.92. The molecule has 0 radical (unpaired) electrons. The summed E-state index contributed by atoms with van der Waals surface area (Å²) in [6.07, 6.45) is 14.1. The van der Waals surface area contributed by atoms with Crippen LogP contribution in [0.5, 0.6) is 0 Å². The average molecular weight is 338 g/mol. The lowest BCUT2D eigenvalue weighted by molar-refractivity contribution is -0.116. The summed E-state index contributed by atoms with van der Waals surface area (Å²) in [6.45, 7) is 2.55. The van der Waals surface area contributed by atoms with Gasteiger partial charge in [-0.2, -0.15) is 0 Å². The molecule has 0 aromatic carbocycles. The van der Waals surface area contributed by atoms with Crippen molar-refractivity contribution in [1.29, 1.82) is 5.41 Å². The van der Waals surface area contributed by atoms with Gasteiger partial charge in [0, 0.05) is 12.3 Å². The number of carbonyl (C=O) groups is 1. The Morgan fingerprint density at radius 1 is 1.12 bits per heavy atom. The van der Waals surface area contributed by atoms with Gasteiger partial charge in [0.05, 0.1) is 0 Å². The summed E-state index contributed by atoms with van der Waals surface area (Å²) in [6, 6.07) is 0. The zero-order valence-electron chi connectivity index (χ0n) is 15.4. The molecule has 0 saturated heterocycles. The number of ketones is 1. The molecule has 0 aromatic rings. The van der Waals surface area contributed by atoms with Crippen LogP contribution < -0.4 is 0 Å². The second-order valence-corrected chi connectivity index (χ2v) is 10.6. The molecular weight excluding hydrogens is 306 g/mol. The molecule has 1 N–H and O–H groups in total. The van der Waals surface area contributed by atoms with E-state index < -0.39 is 0 Å². The van der Waals surface area contributed by atoms with Gasteiger partial charge in [0.2, 0.25) is 0 Å². The van der Waals surface area contributed by atoms with Crippen LogP contribution in [0.4, 0.5) is 0 Å². The van der Waals surface area contributed by atoms with E-state index in [1.165, 1.54) is 38.5 Å². The van der Waals surface area contributed by atoms with Crippen molar-refractivity contribution in [2.24, 2.45) is 58.7 Å². The van der Waals surface area contributed by atoms with Crippen molar-refractivity contribution in [2.45, 2.75) is 58.3 Å². The fourth-order valence-electron chi connectivity index (χ4n) is 8.61. The van der Waals surface area contributed by atoms with E-state index in [0.717, 1.165) is 60.2 Å². The number of fused-ring (bicyclic) bond motifs is 7. The van der Waals surface area contributed by atoms with Crippen molar-refractivity contribution < 1.29 is 4.79 Å². The zero-order chi connectivity index (χ0) is 16.9. The van der Waals surface area contributed by atoms with E-state index in [0.29, 0.717) is 17.1 Å². The lowest BCUT2D eigenvalue weighted by atomic mass is 9.47. The Morgan fingerprint density at radius 2 is 1.96 bits per heavy atom. The highest BCUT2D eigenvalue weighted by molar-refractivity contribution is 5.91. The van der Waals surface area contributed by atoms with E-state index in [1.54, 1.807) is 5.57 Å². The van der Waals surface area contributed by atoms with Gasteiger partial charge in [0.15, 0.2) is 5.78 Å². The predicted molar refractivity (Wildman–Crippen MR) is 98.3 cm³/mol. The van der Waals surface area contributed by atoms with Crippen LogP contribution in [-0.4, -0.2) is 12.0 Å². The van der Waals surface area contributed by atoms with Gasteiger partial charge in [-0.1, -0.05) is 12.5 Å². The summed E-state index contributed by atoms with van der Waals surface area (Å²) in [5.41, 5.74) is 1.96. The summed E-state index contributed by atoms with van der Waals surface area (Å²) >= 11 is 0. The largest absolute Gasteiger partial charge is 0.313 e. The molecule has 0 aliphatic heterocycles. The van der Waals surface area contributed by atoms with Gasteiger partial charge in [-0.15, -0.1) is 0 Å². The highest BCUT2D eigenvalue weighted by Crippen LogP contribution is 2.75. The zero-order valence-corrected chi connectivity index (χ0v) is 15.4. The second kappa shape index (κ2) is 4.87. The van der Waals surface area contributed by atoms with Crippen molar-refractivity contribution in [3.8, 4) is 0 Å². The van der Waals surface area contributed by atoms with Crippen LogP contribution >= 0.6 is 0 Å². The van der Waals surface area contributed by atoms with E-state index in [4.69, 9.17) is 5.41 Å². The van der Waals surface area contributed by atoms with Gasteiger partial charge in [0.25, 0.3) is 0 Å². The van der Waals surface area contributed by atoms with Crippen molar-refractivity contribution >= 4 is 12.0 Å². The maximum absolute atomic E-state index is 12.0. The molecule has 5 fully saturated rings. The quantitative estimate of drug-likeness (QED) is 0.716. The van der Waals surface area contributed by atoms with Crippen LogP contribution in [0, 0.1) is 64.1 Å². The van der Waals surface area contributed by atoms with E-state index in [2.05, 4.69) is 13.0 Å². The van der Waals surface area contributed by atoms with E-state index in [1.807, 2.05) is 6.21 Å². The van der Waals surface area contributed by atoms with E-state index >= 15 is 0 Å². The van der Waals surface area contributed by atoms with Crippen molar-refractivity contribution in [1.82, 2.24) is 0 Å². The minimum absolute atomic E-state index is 0.395. The molecule has 9 atom stereocenters. The first kappa shape index (κ1) is 15.2. The van der Waals surface area contributed by atoms with Gasteiger partial charge in [-0.25, -0.2) is 0 Å². The summed E-state index contributed by atoms with van der Waals surface area (Å²) in [5, 5.41) is 8.08. The highest BCUT2D eigenvalue weighted by atomic mass is 16.1. The Morgan fingerprint density at radius 3 is 2.72 bits per heavy atom. The first-order valence-electron chi connectivity index (χ1n) is 10.9. The van der Waals surface area contributed by atoms with Gasteiger partial charge in [-0.05, 0) is 110 Å². The number of allylic oxidation sites excluding steroid dienone is 1. The monoisotopic (exact) mass is 337 g/mol. The summed E-state index contributed by atoms with van der Waals surface area (Å²) in [5.74, 6) is 7.89. The van der Waals surface area contributed by atoms with Gasteiger partial charge in [0.1, 0.15) is 0 Å². The molecule has 6 rings (SSSR count). The maximum Gasteiger partial charge on any atom is 0.155 e. The lowest BCUT2D eigenvalue weighted by Crippen LogP contribution is -2.52. The fourth-order valence-corrected chi connectivity index (χ4v) is 8.61. The first-order chi connectivity index (χ1) is 12.1. The number of nitrogens with one attached hydrogen (secondary N) is 1. The minimum atomic E-state index is 0.395.